The number of thioether (sulfide) groups is 1. The highest BCUT2D eigenvalue weighted by Crippen LogP contribution is 2.31. The van der Waals surface area contributed by atoms with Gasteiger partial charge in [-0.25, -0.2) is 0 Å². The maximum Gasteiger partial charge on any atom is 0.271 e. The van der Waals surface area contributed by atoms with E-state index in [0.717, 1.165) is 19.4 Å². The van der Waals surface area contributed by atoms with Crippen LogP contribution in [0.25, 0.3) is 0 Å². The molecule has 9 nitrogen and oxygen atoms in total. The maximum absolute atomic E-state index is 12.4. The minimum Gasteiger partial charge on any atom is -0.376 e. The number of carbonyl (C=O) groups excluding carboxylic acids is 1. The normalized spacial score (nSPS) is 17.3. The van der Waals surface area contributed by atoms with E-state index in [0.29, 0.717) is 16.0 Å². The number of amides is 1. The summed E-state index contributed by atoms with van der Waals surface area (Å²) in [4.78, 5) is 22.8. The lowest BCUT2D eigenvalue weighted by molar-refractivity contribution is -0.384. The first-order valence-corrected chi connectivity index (χ1v) is 10.6. The van der Waals surface area contributed by atoms with Gasteiger partial charge >= 0.3 is 0 Å². The van der Waals surface area contributed by atoms with Crippen LogP contribution in [0.15, 0.2) is 22.5 Å². The van der Waals surface area contributed by atoms with Gasteiger partial charge in [0.25, 0.3) is 5.69 Å². The molecule has 2 N–H and O–H groups in total. The number of carbonyl (C=O) groups is 1. The fraction of sp³-hybridized carbons (Fsp3) is 0.438. The molecular formula is C16H18ClN5O4S2. The van der Waals surface area contributed by atoms with Crippen LogP contribution in [-0.2, 0) is 9.53 Å². The van der Waals surface area contributed by atoms with Crippen molar-refractivity contribution in [1.29, 1.82) is 0 Å². The summed E-state index contributed by atoms with van der Waals surface area (Å²) in [7, 11) is 0. The van der Waals surface area contributed by atoms with E-state index in [1.165, 1.54) is 41.3 Å². The van der Waals surface area contributed by atoms with Crippen LogP contribution in [0.3, 0.4) is 0 Å². The topological polar surface area (TPSA) is 119 Å². The van der Waals surface area contributed by atoms with E-state index in [1.54, 1.807) is 6.92 Å². The molecule has 0 saturated carbocycles. The van der Waals surface area contributed by atoms with Crippen molar-refractivity contribution in [2.24, 2.45) is 0 Å². The molecule has 0 aliphatic carbocycles. The number of anilines is 2. The molecular weight excluding hydrogens is 426 g/mol. The molecule has 3 rings (SSSR count). The van der Waals surface area contributed by atoms with E-state index in [4.69, 9.17) is 16.3 Å². The fourth-order valence-corrected chi connectivity index (χ4v) is 4.56. The molecule has 0 bridgehead atoms. The van der Waals surface area contributed by atoms with E-state index >= 15 is 0 Å². The Morgan fingerprint density at radius 3 is 3.07 bits per heavy atom. The molecule has 1 aliphatic rings. The molecule has 2 heterocycles. The molecule has 0 unspecified atom stereocenters. The molecule has 12 heteroatoms. The van der Waals surface area contributed by atoms with Gasteiger partial charge < -0.3 is 15.4 Å². The van der Waals surface area contributed by atoms with Crippen molar-refractivity contribution in [2.45, 2.75) is 35.5 Å². The second-order valence-corrected chi connectivity index (χ2v) is 9.03. The van der Waals surface area contributed by atoms with Gasteiger partial charge in [-0.3, -0.25) is 14.9 Å². The van der Waals surface area contributed by atoms with Gasteiger partial charge in [-0.15, -0.1) is 10.2 Å². The lowest BCUT2D eigenvalue weighted by Gasteiger charge is -2.11. The van der Waals surface area contributed by atoms with Gasteiger partial charge in [-0.1, -0.05) is 34.7 Å². The Bertz CT molecular complexity index is 859. The number of nitrogens with one attached hydrogen (secondary N) is 2. The summed E-state index contributed by atoms with van der Waals surface area (Å²) in [5.41, 5.74) is 0.0515. The number of hydrogen-bond acceptors (Lipinski definition) is 9. The molecule has 1 aromatic carbocycles. The Balaban J connectivity index is 1.54. The molecule has 1 saturated heterocycles. The summed E-state index contributed by atoms with van der Waals surface area (Å²) in [5, 5.41) is 25.3. The highest BCUT2D eigenvalue weighted by Gasteiger charge is 2.20. The van der Waals surface area contributed by atoms with E-state index in [9.17, 15) is 14.9 Å². The smallest absolute Gasteiger partial charge is 0.271 e. The summed E-state index contributed by atoms with van der Waals surface area (Å²) in [5.74, 6) is -0.337. The molecule has 2 atom stereocenters. The molecule has 0 radical (unpaired) electrons. The molecule has 1 aromatic heterocycles. The van der Waals surface area contributed by atoms with Crippen molar-refractivity contribution in [2.75, 3.05) is 23.8 Å². The molecule has 1 aliphatic heterocycles. The summed E-state index contributed by atoms with van der Waals surface area (Å²) in [6, 6.07) is 3.89. The number of nitrogens with zero attached hydrogens (tertiary/aromatic N) is 3. The number of aromatic nitrogens is 2. The molecule has 2 aromatic rings. The minimum atomic E-state index is -0.545. The summed E-state index contributed by atoms with van der Waals surface area (Å²) in [6.07, 6.45) is 2.31. The molecule has 150 valence electrons. The summed E-state index contributed by atoms with van der Waals surface area (Å²) in [6.45, 7) is 3.19. The summed E-state index contributed by atoms with van der Waals surface area (Å²) >= 11 is 8.63. The van der Waals surface area contributed by atoms with Crippen LogP contribution < -0.4 is 10.6 Å². The fourth-order valence-electron chi connectivity index (χ4n) is 2.50. The first kappa shape index (κ1) is 20.8. The zero-order valence-corrected chi connectivity index (χ0v) is 17.3. The number of hydrogen-bond donors (Lipinski definition) is 2. The Labute approximate surface area is 174 Å². The Hall–Kier alpha value is -1.95. The van der Waals surface area contributed by atoms with Crippen LogP contribution in [0.4, 0.5) is 16.5 Å². The third kappa shape index (κ3) is 5.53. The largest absolute Gasteiger partial charge is 0.376 e. The van der Waals surface area contributed by atoms with Crippen molar-refractivity contribution in [3.8, 4) is 0 Å². The number of nitro benzene ring substituents is 1. The Morgan fingerprint density at radius 1 is 1.54 bits per heavy atom. The average Bonchev–Trinajstić information content (AvgIpc) is 3.33. The van der Waals surface area contributed by atoms with Crippen LogP contribution in [0.5, 0.6) is 0 Å². The maximum atomic E-state index is 12.4. The average molecular weight is 444 g/mol. The number of nitro groups is 1. The third-order valence-electron chi connectivity index (χ3n) is 3.98. The van der Waals surface area contributed by atoms with Gasteiger partial charge in [0.05, 0.1) is 27.0 Å². The zero-order chi connectivity index (χ0) is 20.1. The SMILES string of the molecule is C[C@H](Sc1nnc(NC[C@@H]2CCCO2)s1)C(=O)Nc1cc([N+](=O)[O-])ccc1Cl. The zero-order valence-electron chi connectivity index (χ0n) is 14.9. The monoisotopic (exact) mass is 443 g/mol. The molecule has 28 heavy (non-hydrogen) atoms. The third-order valence-corrected chi connectivity index (χ3v) is 6.37. The lowest BCUT2D eigenvalue weighted by Crippen LogP contribution is -2.22. The van der Waals surface area contributed by atoms with Gasteiger partial charge in [-0.05, 0) is 25.8 Å². The van der Waals surface area contributed by atoms with Gasteiger partial charge in [0.1, 0.15) is 0 Å². The Morgan fingerprint density at radius 2 is 2.36 bits per heavy atom. The first-order chi connectivity index (χ1) is 13.4. The van der Waals surface area contributed by atoms with Crippen molar-refractivity contribution < 1.29 is 14.5 Å². The second-order valence-electron chi connectivity index (χ2n) is 6.06. The predicted molar refractivity (Wildman–Crippen MR) is 109 cm³/mol. The predicted octanol–water partition coefficient (Wildman–Crippen LogP) is 3.81. The van der Waals surface area contributed by atoms with Gasteiger partial charge in [-0.2, -0.15) is 0 Å². The Kier molecular flexibility index (Phi) is 7.05. The number of benzene rings is 1. The van der Waals surface area contributed by atoms with Crippen LogP contribution in [0.2, 0.25) is 5.02 Å². The van der Waals surface area contributed by atoms with Gasteiger partial charge in [0.15, 0.2) is 4.34 Å². The molecule has 1 amide bonds. The van der Waals surface area contributed by atoms with E-state index in [-0.39, 0.29) is 28.4 Å². The van der Waals surface area contributed by atoms with Gasteiger partial charge in [0, 0.05) is 25.3 Å². The van der Waals surface area contributed by atoms with Gasteiger partial charge in [0.2, 0.25) is 11.0 Å². The van der Waals surface area contributed by atoms with Crippen molar-refractivity contribution in [1.82, 2.24) is 10.2 Å². The van der Waals surface area contributed by atoms with E-state index in [1.807, 2.05) is 0 Å². The van der Waals surface area contributed by atoms with Crippen molar-refractivity contribution in [3.05, 3.63) is 33.3 Å². The molecule has 0 spiro atoms. The number of ether oxygens (including phenoxy) is 1. The standard InChI is InChI=1S/C16H18ClN5O4S2/c1-9(14(23)19-13-7-10(22(24)25)4-5-12(13)17)27-16-21-20-15(28-16)18-8-11-3-2-6-26-11/h4-5,7,9,11H,2-3,6,8H2,1H3,(H,18,20)(H,19,23)/t9-,11-/m0/s1. The first-order valence-electron chi connectivity index (χ1n) is 8.53. The van der Waals surface area contributed by atoms with Crippen LogP contribution in [-0.4, -0.2) is 45.5 Å². The quantitative estimate of drug-likeness (QED) is 0.359. The van der Waals surface area contributed by atoms with E-state index in [2.05, 4.69) is 20.8 Å². The van der Waals surface area contributed by atoms with E-state index < -0.39 is 10.2 Å². The highest BCUT2D eigenvalue weighted by molar-refractivity contribution is 8.02. The number of non-ortho nitro benzene ring substituents is 1. The van der Waals surface area contributed by atoms with Crippen LogP contribution in [0, 0.1) is 10.1 Å². The second kappa shape index (κ2) is 9.50. The summed E-state index contributed by atoms with van der Waals surface area (Å²) < 4.78 is 6.19. The van der Waals surface area contributed by atoms with Crippen LogP contribution in [0.1, 0.15) is 19.8 Å². The van der Waals surface area contributed by atoms with Crippen molar-refractivity contribution >= 4 is 57.1 Å². The van der Waals surface area contributed by atoms with Crippen LogP contribution >= 0.6 is 34.7 Å². The number of halogens is 1. The molecule has 1 fully saturated rings. The number of rotatable bonds is 8. The highest BCUT2D eigenvalue weighted by atomic mass is 35.5. The van der Waals surface area contributed by atoms with Crippen molar-refractivity contribution in [3.63, 3.8) is 0 Å². The lowest BCUT2D eigenvalue weighted by atomic mass is 10.2. The minimum absolute atomic E-state index is 0.147.